The summed E-state index contributed by atoms with van der Waals surface area (Å²) in [5.74, 6) is -1.46. The summed E-state index contributed by atoms with van der Waals surface area (Å²) in [6.07, 6.45) is 1.40. The molecule has 0 radical (unpaired) electrons. The van der Waals surface area contributed by atoms with Gasteiger partial charge in [0.2, 0.25) is 0 Å². The maximum atomic E-state index is 12.0. The summed E-state index contributed by atoms with van der Waals surface area (Å²) < 4.78 is 0. The number of rotatable bonds is 4. The van der Waals surface area contributed by atoms with Gasteiger partial charge in [0.25, 0.3) is 11.1 Å². The fraction of sp³-hybridized carbons (Fsp3) is 0.214. The molecule has 1 heterocycles. The van der Waals surface area contributed by atoms with Crippen LogP contribution in [0.1, 0.15) is 17.5 Å². The van der Waals surface area contributed by atoms with Crippen molar-refractivity contribution in [3.05, 3.63) is 40.3 Å². The molecule has 0 aliphatic carbocycles. The van der Waals surface area contributed by atoms with Crippen molar-refractivity contribution in [1.29, 1.82) is 0 Å². The van der Waals surface area contributed by atoms with Crippen LogP contribution in [0.2, 0.25) is 0 Å². The Balaban J connectivity index is 2.14. The summed E-state index contributed by atoms with van der Waals surface area (Å²) in [6, 6.07) is 7.56. The van der Waals surface area contributed by atoms with Crippen molar-refractivity contribution < 1.29 is 19.5 Å². The molecule has 2 rings (SSSR count). The van der Waals surface area contributed by atoms with Crippen molar-refractivity contribution in [3.8, 4) is 0 Å². The van der Waals surface area contributed by atoms with Crippen LogP contribution in [-0.2, 0) is 9.59 Å². The van der Waals surface area contributed by atoms with Gasteiger partial charge in [-0.15, -0.1) is 0 Å². The molecule has 1 fully saturated rings. The second kappa shape index (κ2) is 5.92. The Bertz CT molecular complexity index is 592. The molecule has 1 aliphatic rings. The van der Waals surface area contributed by atoms with Gasteiger partial charge >= 0.3 is 5.97 Å². The van der Waals surface area contributed by atoms with Crippen molar-refractivity contribution in [2.75, 3.05) is 6.54 Å². The number of carbonyl (C=O) groups is 3. The topological polar surface area (TPSA) is 74.7 Å². The fourth-order valence-corrected chi connectivity index (χ4v) is 2.58. The Morgan fingerprint density at radius 3 is 2.55 bits per heavy atom. The molecule has 1 saturated heterocycles. The molecule has 5 nitrogen and oxygen atoms in total. The summed E-state index contributed by atoms with van der Waals surface area (Å²) in [5.41, 5.74) is 1.94. The quantitative estimate of drug-likeness (QED) is 0.863. The molecule has 0 unspecified atom stereocenters. The Morgan fingerprint density at radius 2 is 1.95 bits per heavy atom. The van der Waals surface area contributed by atoms with E-state index in [4.69, 9.17) is 5.11 Å². The number of aliphatic carboxylic acids is 1. The number of carboxylic acid groups (broad SMARTS) is 1. The van der Waals surface area contributed by atoms with E-state index in [0.717, 1.165) is 27.8 Å². The number of thioether (sulfide) groups is 1. The molecule has 0 aromatic heterocycles. The van der Waals surface area contributed by atoms with Crippen LogP contribution in [0.25, 0.3) is 6.08 Å². The number of aryl methyl sites for hydroxylation is 1. The Labute approximate surface area is 120 Å². The number of imide groups is 1. The normalized spacial score (nSPS) is 17.1. The predicted molar refractivity (Wildman–Crippen MR) is 76.1 cm³/mol. The van der Waals surface area contributed by atoms with E-state index in [1.54, 1.807) is 6.08 Å². The van der Waals surface area contributed by atoms with Crippen LogP contribution in [0.15, 0.2) is 29.2 Å². The molecule has 1 N–H and O–H groups in total. The van der Waals surface area contributed by atoms with Crippen molar-refractivity contribution in [2.24, 2.45) is 0 Å². The van der Waals surface area contributed by atoms with E-state index in [0.29, 0.717) is 4.91 Å². The van der Waals surface area contributed by atoms with Gasteiger partial charge in [0, 0.05) is 6.54 Å². The van der Waals surface area contributed by atoms with Crippen LogP contribution < -0.4 is 0 Å². The first-order valence-corrected chi connectivity index (χ1v) is 6.83. The van der Waals surface area contributed by atoms with E-state index in [1.807, 2.05) is 31.2 Å². The lowest BCUT2D eigenvalue weighted by molar-refractivity contribution is -0.137. The van der Waals surface area contributed by atoms with Gasteiger partial charge in [0.05, 0.1) is 11.3 Å². The predicted octanol–water partition coefficient (Wildman–Crippen LogP) is 2.51. The smallest absolute Gasteiger partial charge is 0.305 e. The number of hydrogen-bond acceptors (Lipinski definition) is 4. The summed E-state index contributed by atoms with van der Waals surface area (Å²) in [4.78, 5) is 35.5. The molecule has 1 aromatic carbocycles. The third-order valence-electron chi connectivity index (χ3n) is 2.80. The highest BCUT2D eigenvalue weighted by atomic mass is 32.2. The lowest BCUT2D eigenvalue weighted by Crippen LogP contribution is -2.30. The molecule has 1 aliphatic heterocycles. The van der Waals surface area contributed by atoms with Crippen LogP contribution in [0.4, 0.5) is 4.79 Å². The molecule has 0 bridgehead atoms. The minimum atomic E-state index is -1.04. The first kappa shape index (κ1) is 14.3. The van der Waals surface area contributed by atoms with E-state index in [1.165, 1.54) is 0 Å². The molecule has 104 valence electrons. The lowest BCUT2D eigenvalue weighted by atomic mass is 10.1. The molecular formula is C14H13NO4S. The van der Waals surface area contributed by atoms with Crippen LogP contribution in [0.5, 0.6) is 0 Å². The van der Waals surface area contributed by atoms with Crippen molar-refractivity contribution >= 4 is 35.0 Å². The molecule has 2 amide bonds. The minimum absolute atomic E-state index is 0.0920. The average Bonchev–Trinajstić information content (AvgIpc) is 2.65. The molecule has 20 heavy (non-hydrogen) atoms. The standard InChI is InChI=1S/C14H13NO4S/c1-9-2-4-10(5-3-9)8-11-13(18)15(14(19)20-11)7-6-12(16)17/h2-5,8H,6-7H2,1H3,(H,16,17)/b11-8-. The van der Waals surface area contributed by atoms with Crippen LogP contribution in [0, 0.1) is 6.92 Å². The van der Waals surface area contributed by atoms with Crippen molar-refractivity contribution in [3.63, 3.8) is 0 Å². The van der Waals surface area contributed by atoms with E-state index in [-0.39, 0.29) is 13.0 Å². The fourth-order valence-electron chi connectivity index (χ4n) is 1.71. The van der Waals surface area contributed by atoms with Gasteiger partial charge in [-0.3, -0.25) is 19.3 Å². The number of benzene rings is 1. The molecular weight excluding hydrogens is 278 g/mol. The Morgan fingerprint density at radius 1 is 1.30 bits per heavy atom. The minimum Gasteiger partial charge on any atom is -0.481 e. The summed E-state index contributed by atoms with van der Waals surface area (Å²) in [5, 5.41) is 8.18. The number of carboxylic acids is 1. The van der Waals surface area contributed by atoms with Gasteiger partial charge in [0.1, 0.15) is 0 Å². The first-order valence-electron chi connectivity index (χ1n) is 6.01. The first-order chi connectivity index (χ1) is 9.47. The highest BCUT2D eigenvalue weighted by molar-refractivity contribution is 8.18. The number of amides is 2. The Hall–Kier alpha value is -2.08. The highest BCUT2D eigenvalue weighted by Gasteiger charge is 2.34. The van der Waals surface area contributed by atoms with Gasteiger partial charge in [-0.1, -0.05) is 29.8 Å². The van der Waals surface area contributed by atoms with Gasteiger partial charge in [-0.05, 0) is 30.3 Å². The van der Waals surface area contributed by atoms with Crippen LogP contribution >= 0.6 is 11.8 Å². The second-order valence-corrected chi connectivity index (χ2v) is 5.38. The van der Waals surface area contributed by atoms with Gasteiger partial charge in [-0.25, -0.2) is 0 Å². The van der Waals surface area contributed by atoms with Gasteiger partial charge in [0.15, 0.2) is 0 Å². The van der Waals surface area contributed by atoms with Gasteiger partial charge in [-0.2, -0.15) is 0 Å². The van der Waals surface area contributed by atoms with E-state index >= 15 is 0 Å². The molecule has 0 spiro atoms. The van der Waals surface area contributed by atoms with Crippen molar-refractivity contribution in [2.45, 2.75) is 13.3 Å². The lowest BCUT2D eigenvalue weighted by Gasteiger charge is -2.09. The largest absolute Gasteiger partial charge is 0.481 e. The number of carbonyl (C=O) groups excluding carboxylic acids is 2. The van der Waals surface area contributed by atoms with E-state index in [9.17, 15) is 14.4 Å². The van der Waals surface area contributed by atoms with Crippen molar-refractivity contribution in [1.82, 2.24) is 4.90 Å². The van der Waals surface area contributed by atoms with Crippen LogP contribution in [-0.4, -0.2) is 33.7 Å². The molecule has 0 atom stereocenters. The number of nitrogens with zero attached hydrogens (tertiary/aromatic N) is 1. The molecule has 1 aromatic rings. The maximum absolute atomic E-state index is 12.0. The second-order valence-electron chi connectivity index (χ2n) is 4.39. The Kier molecular flexibility index (Phi) is 4.24. The third-order valence-corrected chi connectivity index (χ3v) is 3.71. The van der Waals surface area contributed by atoms with E-state index in [2.05, 4.69) is 0 Å². The highest BCUT2D eigenvalue weighted by Crippen LogP contribution is 2.32. The maximum Gasteiger partial charge on any atom is 0.305 e. The zero-order valence-corrected chi connectivity index (χ0v) is 11.6. The van der Waals surface area contributed by atoms with Crippen LogP contribution in [0.3, 0.4) is 0 Å². The zero-order chi connectivity index (χ0) is 14.7. The summed E-state index contributed by atoms with van der Waals surface area (Å²) in [6.45, 7) is 1.87. The summed E-state index contributed by atoms with van der Waals surface area (Å²) in [7, 11) is 0. The van der Waals surface area contributed by atoms with Gasteiger partial charge < -0.3 is 5.11 Å². The molecule has 0 saturated carbocycles. The third kappa shape index (κ3) is 3.27. The van der Waals surface area contributed by atoms with E-state index < -0.39 is 17.1 Å². The number of hydrogen-bond donors (Lipinski definition) is 1. The summed E-state index contributed by atoms with van der Waals surface area (Å²) >= 11 is 0.838. The average molecular weight is 291 g/mol. The molecule has 6 heteroatoms. The SMILES string of the molecule is Cc1ccc(/C=C2\SC(=O)N(CCC(=O)O)C2=O)cc1. The monoisotopic (exact) mass is 291 g/mol. The zero-order valence-electron chi connectivity index (χ0n) is 10.8.